The standard InChI is InChI=1S/C16H27N3O2/c1-5-6-7-10-18-16(20)12(2)21-15-11-13(19(3)4)8-9-14(15)17/h8-9,11-12H,5-7,10,17H2,1-4H3,(H,18,20). The number of nitrogen functional groups attached to an aromatic ring is 1. The van der Waals surface area contributed by atoms with Gasteiger partial charge in [0.05, 0.1) is 5.69 Å². The van der Waals surface area contributed by atoms with Crippen LogP contribution < -0.4 is 20.7 Å². The van der Waals surface area contributed by atoms with Crippen molar-refractivity contribution >= 4 is 17.3 Å². The molecule has 0 fully saturated rings. The van der Waals surface area contributed by atoms with E-state index in [1.54, 1.807) is 13.0 Å². The van der Waals surface area contributed by atoms with Gasteiger partial charge in [0.2, 0.25) is 0 Å². The van der Waals surface area contributed by atoms with Crippen LogP contribution >= 0.6 is 0 Å². The largest absolute Gasteiger partial charge is 0.479 e. The second kappa shape index (κ2) is 8.39. The van der Waals surface area contributed by atoms with Gasteiger partial charge in [-0.15, -0.1) is 0 Å². The van der Waals surface area contributed by atoms with Crippen molar-refractivity contribution in [1.29, 1.82) is 0 Å². The molecule has 5 nitrogen and oxygen atoms in total. The molecule has 0 bridgehead atoms. The van der Waals surface area contributed by atoms with Crippen LogP contribution in [-0.2, 0) is 4.79 Å². The van der Waals surface area contributed by atoms with E-state index in [0.717, 1.165) is 24.9 Å². The molecule has 118 valence electrons. The van der Waals surface area contributed by atoms with Crippen molar-refractivity contribution in [3.8, 4) is 5.75 Å². The molecule has 1 aromatic carbocycles. The summed E-state index contributed by atoms with van der Waals surface area (Å²) in [5.41, 5.74) is 7.42. The first-order chi connectivity index (χ1) is 9.95. The number of nitrogens with zero attached hydrogens (tertiary/aromatic N) is 1. The molecule has 0 aliphatic heterocycles. The van der Waals surface area contributed by atoms with Crippen molar-refractivity contribution in [2.24, 2.45) is 0 Å². The van der Waals surface area contributed by atoms with E-state index in [4.69, 9.17) is 10.5 Å². The van der Waals surface area contributed by atoms with Crippen LogP contribution in [0.15, 0.2) is 18.2 Å². The molecule has 1 rings (SSSR count). The molecule has 0 heterocycles. The zero-order chi connectivity index (χ0) is 15.8. The lowest BCUT2D eigenvalue weighted by atomic mass is 10.2. The fraction of sp³-hybridized carbons (Fsp3) is 0.562. The Hall–Kier alpha value is -1.91. The van der Waals surface area contributed by atoms with Crippen LogP contribution in [0.4, 0.5) is 11.4 Å². The van der Waals surface area contributed by atoms with E-state index < -0.39 is 6.10 Å². The predicted molar refractivity (Wildman–Crippen MR) is 87.8 cm³/mol. The summed E-state index contributed by atoms with van der Waals surface area (Å²) in [7, 11) is 3.89. The highest BCUT2D eigenvalue weighted by Crippen LogP contribution is 2.27. The lowest BCUT2D eigenvalue weighted by Crippen LogP contribution is -2.36. The number of anilines is 2. The van der Waals surface area contributed by atoms with Crippen LogP contribution in [0.1, 0.15) is 33.1 Å². The molecule has 3 N–H and O–H groups in total. The number of amides is 1. The monoisotopic (exact) mass is 293 g/mol. The summed E-state index contributed by atoms with van der Waals surface area (Å²) in [6.07, 6.45) is 2.68. The SMILES string of the molecule is CCCCCNC(=O)C(C)Oc1cc(N(C)C)ccc1N. The van der Waals surface area contributed by atoms with Gasteiger partial charge >= 0.3 is 0 Å². The number of benzene rings is 1. The number of carbonyl (C=O) groups is 1. The number of hydrogen-bond acceptors (Lipinski definition) is 4. The van der Waals surface area contributed by atoms with Crippen molar-refractivity contribution < 1.29 is 9.53 Å². The van der Waals surface area contributed by atoms with Gasteiger partial charge in [0.15, 0.2) is 6.10 Å². The van der Waals surface area contributed by atoms with Crippen LogP contribution in [0, 0.1) is 0 Å². The van der Waals surface area contributed by atoms with Crippen LogP contribution in [0.5, 0.6) is 5.75 Å². The van der Waals surface area contributed by atoms with E-state index >= 15 is 0 Å². The third-order valence-corrected chi connectivity index (χ3v) is 3.27. The van der Waals surface area contributed by atoms with Gasteiger partial charge in [0.25, 0.3) is 5.91 Å². The molecule has 0 aliphatic carbocycles. The van der Waals surface area contributed by atoms with Gasteiger partial charge in [-0.25, -0.2) is 0 Å². The zero-order valence-corrected chi connectivity index (χ0v) is 13.5. The van der Waals surface area contributed by atoms with E-state index in [1.165, 1.54) is 0 Å². The molecule has 0 saturated heterocycles. The van der Waals surface area contributed by atoms with E-state index in [1.807, 2.05) is 31.1 Å². The minimum Gasteiger partial charge on any atom is -0.479 e. The topological polar surface area (TPSA) is 67.6 Å². The summed E-state index contributed by atoms with van der Waals surface area (Å²) >= 11 is 0. The molecular weight excluding hydrogens is 266 g/mol. The highest BCUT2D eigenvalue weighted by molar-refractivity contribution is 5.81. The van der Waals surface area contributed by atoms with Crippen LogP contribution in [-0.4, -0.2) is 32.7 Å². The van der Waals surface area contributed by atoms with Crippen molar-refractivity contribution in [1.82, 2.24) is 5.32 Å². The van der Waals surface area contributed by atoms with Gasteiger partial charge in [0, 0.05) is 32.4 Å². The van der Waals surface area contributed by atoms with Crippen LogP contribution in [0.2, 0.25) is 0 Å². The Labute approximate surface area is 127 Å². The number of ether oxygens (including phenoxy) is 1. The van der Waals surface area contributed by atoms with Gasteiger partial charge in [-0.05, 0) is 25.5 Å². The van der Waals surface area contributed by atoms with Crippen molar-refractivity contribution in [2.75, 3.05) is 31.3 Å². The number of carbonyl (C=O) groups excluding carboxylic acids is 1. The van der Waals surface area contributed by atoms with Gasteiger partial charge in [-0.3, -0.25) is 4.79 Å². The quantitative estimate of drug-likeness (QED) is 0.570. The Morgan fingerprint density at radius 1 is 1.38 bits per heavy atom. The molecule has 0 aromatic heterocycles. The average Bonchev–Trinajstić information content (AvgIpc) is 2.45. The summed E-state index contributed by atoms with van der Waals surface area (Å²) in [5.74, 6) is 0.429. The van der Waals surface area contributed by atoms with E-state index in [2.05, 4.69) is 12.2 Å². The summed E-state index contributed by atoms with van der Waals surface area (Å²) in [6, 6.07) is 5.55. The maximum Gasteiger partial charge on any atom is 0.260 e. The Balaban J connectivity index is 2.59. The van der Waals surface area contributed by atoms with E-state index in [-0.39, 0.29) is 5.91 Å². The minimum atomic E-state index is -0.564. The number of unbranched alkanes of at least 4 members (excludes halogenated alkanes) is 2. The third-order valence-electron chi connectivity index (χ3n) is 3.27. The maximum absolute atomic E-state index is 12.0. The van der Waals surface area contributed by atoms with Gasteiger partial charge in [-0.2, -0.15) is 0 Å². The number of nitrogens with two attached hydrogens (primary N) is 1. The second-order valence-electron chi connectivity index (χ2n) is 5.37. The molecule has 1 aromatic rings. The molecule has 0 saturated carbocycles. The molecule has 0 radical (unpaired) electrons. The molecule has 1 amide bonds. The molecule has 1 unspecified atom stereocenters. The molecule has 0 spiro atoms. The number of hydrogen-bond donors (Lipinski definition) is 2. The highest BCUT2D eigenvalue weighted by Gasteiger charge is 2.15. The first-order valence-electron chi connectivity index (χ1n) is 7.47. The Kier molecular flexibility index (Phi) is 6.85. The fourth-order valence-corrected chi connectivity index (χ4v) is 1.88. The number of rotatable bonds is 8. The first-order valence-corrected chi connectivity index (χ1v) is 7.47. The first kappa shape index (κ1) is 17.1. The summed E-state index contributed by atoms with van der Waals surface area (Å²) < 4.78 is 5.69. The smallest absolute Gasteiger partial charge is 0.260 e. The predicted octanol–water partition coefficient (Wildman–Crippen LogP) is 2.41. The van der Waals surface area contributed by atoms with Crippen molar-refractivity contribution in [3.63, 3.8) is 0 Å². The van der Waals surface area contributed by atoms with Crippen molar-refractivity contribution in [2.45, 2.75) is 39.2 Å². The lowest BCUT2D eigenvalue weighted by Gasteiger charge is -2.19. The van der Waals surface area contributed by atoms with E-state index in [9.17, 15) is 4.79 Å². The summed E-state index contributed by atoms with van der Waals surface area (Å²) in [6.45, 7) is 4.55. The minimum absolute atomic E-state index is 0.110. The zero-order valence-electron chi connectivity index (χ0n) is 13.5. The molecule has 21 heavy (non-hydrogen) atoms. The third kappa shape index (κ3) is 5.53. The average molecular weight is 293 g/mol. The van der Waals surface area contributed by atoms with Crippen molar-refractivity contribution in [3.05, 3.63) is 18.2 Å². The van der Waals surface area contributed by atoms with Gasteiger partial charge in [-0.1, -0.05) is 19.8 Å². The molecule has 1 atom stereocenters. The number of nitrogens with one attached hydrogen (secondary N) is 1. The summed E-state index contributed by atoms with van der Waals surface area (Å²) in [5, 5.41) is 2.88. The molecular formula is C16H27N3O2. The Morgan fingerprint density at radius 3 is 2.71 bits per heavy atom. The molecule has 0 aliphatic rings. The highest BCUT2D eigenvalue weighted by atomic mass is 16.5. The van der Waals surface area contributed by atoms with Crippen LogP contribution in [0.3, 0.4) is 0 Å². The van der Waals surface area contributed by atoms with Gasteiger partial charge in [0.1, 0.15) is 5.75 Å². The fourth-order valence-electron chi connectivity index (χ4n) is 1.88. The maximum atomic E-state index is 12.0. The normalized spacial score (nSPS) is 11.8. The Bertz CT molecular complexity index is 461. The van der Waals surface area contributed by atoms with Crippen LogP contribution in [0.25, 0.3) is 0 Å². The summed E-state index contributed by atoms with van der Waals surface area (Å²) in [4.78, 5) is 13.9. The Morgan fingerprint density at radius 2 is 2.10 bits per heavy atom. The molecule has 5 heteroatoms. The van der Waals surface area contributed by atoms with E-state index in [0.29, 0.717) is 18.0 Å². The lowest BCUT2D eigenvalue weighted by molar-refractivity contribution is -0.127. The van der Waals surface area contributed by atoms with Gasteiger partial charge < -0.3 is 20.7 Å². The second-order valence-corrected chi connectivity index (χ2v) is 5.37.